The van der Waals surface area contributed by atoms with Gasteiger partial charge in [0.15, 0.2) is 0 Å². The van der Waals surface area contributed by atoms with Crippen LogP contribution in [0.15, 0.2) is 24.3 Å². The number of aliphatic hydroxyl groups is 1. The van der Waals surface area contributed by atoms with Crippen LogP contribution in [-0.2, 0) is 28.4 Å². The second kappa shape index (κ2) is 18.0. The molecular weight excluding hydrogens is 454 g/mol. The van der Waals surface area contributed by atoms with Gasteiger partial charge >= 0.3 is 6.16 Å². The van der Waals surface area contributed by atoms with Crippen molar-refractivity contribution >= 4 is 11.8 Å². The van der Waals surface area contributed by atoms with Crippen molar-refractivity contribution in [2.24, 2.45) is 0 Å². The summed E-state index contributed by atoms with van der Waals surface area (Å²) in [5, 5.41) is 19.3. The third kappa shape index (κ3) is 14.7. The number of non-ortho nitro benzene ring substituents is 1. The monoisotopic (exact) mass is 489 g/mol. The summed E-state index contributed by atoms with van der Waals surface area (Å²) in [6.45, 7) is 8.03. The number of benzene rings is 1. The number of hydrogen-bond acceptors (Lipinski definition) is 11. The minimum Gasteiger partial charge on any atom is -0.432 e. The first-order valence-corrected chi connectivity index (χ1v) is 11.0. The number of carbonyl (C=O) groups is 1. The Morgan fingerprint density at radius 1 is 0.853 bits per heavy atom. The number of hydrogen-bond donors (Lipinski definition) is 1. The summed E-state index contributed by atoms with van der Waals surface area (Å²) >= 11 is 0. The average Bonchev–Trinajstić information content (AvgIpc) is 2.81. The largest absolute Gasteiger partial charge is 0.513 e. The van der Waals surface area contributed by atoms with E-state index in [1.54, 1.807) is 0 Å². The van der Waals surface area contributed by atoms with E-state index in [0.29, 0.717) is 39.6 Å². The second-order valence-electron chi connectivity index (χ2n) is 7.33. The molecule has 0 heterocycles. The smallest absolute Gasteiger partial charge is 0.432 e. The van der Waals surface area contributed by atoms with Crippen molar-refractivity contribution in [1.82, 2.24) is 0 Å². The molecule has 0 saturated heterocycles. The molecule has 0 aliphatic rings. The highest BCUT2D eigenvalue weighted by Crippen LogP contribution is 2.17. The predicted octanol–water partition coefficient (Wildman–Crippen LogP) is 2.35. The maximum absolute atomic E-state index is 11.6. The number of aliphatic hydroxyl groups excluding tert-OH is 1. The van der Waals surface area contributed by atoms with E-state index in [9.17, 15) is 14.9 Å². The molecule has 194 valence electrons. The van der Waals surface area contributed by atoms with Gasteiger partial charge in [-0.05, 0) is 32.9 Å². The van der Waals surface area contributed by atoms with Gasteiger partial charge in [-0.3, -0.25) is 10.1 Å². The zero-order valence-corrected chi connectivity index (χ0v) is 19.9. The highest BCUT2D eigenvalue weighted by molar-refractivity contribution is 5.63. The van der Waals surface area contributed by atoms with Gasteiger partial charge in [-0.2, -0.15) is 0 Å². The van der Waals surface area contributed by atoms with Gasteiger partial charge in [0, 0.05) is 12.1 Å². The summed E-state index contributed by atoms with van der Waals surface area (Å²) in [6, 6.07) is 5.07. The molecule has 3 atom stereocenters. The van der Waals surface area contributed by atoms with Crippen LogP contribution in [0.25, 0.3) is 0 Å². The van der Waals surface area contributed by atoms with Gasteiger partial charge in [-0.25, -0.2) is 4.79 Å². The minimum atomic E-state index is -0.926. The Morgan fingerprint density at radius 3 is 2.06 bits per heavy atom. The van der Waals surface area contributed by atoms with Crippen molar-refractivity contribution in [3.63, 3.8) is 0 Å². The van der Waals surface area contributed by atoms with Crippen LogP contribution in [0.5, 0.6) is 5.75 Å². The summed E-state index contributed by atoms with van der Waals surface area (Å²) in [4.78, 5) is 21.6. The van der Waals surface area contributed by atoms with Crippen molar-refractivity contribution in [1.29, 1.82) is 0 Å². The van der Waals surface area contributed by atoms with Crippen LogP contribution in [0.1, 0.15) is 20.8 Å². The van der Waals surface area contributed by atoms with E-state index >= 15 is 0 Å². The van der Waals surface area contributed by atoms with Crippen LogP contribution in [0, 0.1) is 10.1 Å². The fourth-order valence-electron chi connectivity index (χ4n) is 2.41. The lowest BCUT2D eigenvalue weighted by Crippen LogP contribution is -2.27. The maximum atomic E-state index is 11.6. The molecule has 0 bridgehead atoms. The lowest BCUT2D eigenvalue weighted by Gasteiger charge is -2.20. The molecule has 1 aromatic rings. The third-order valence-corrected chi connectivity index (χ3v) is 4.15. The fourth-order valence-corrected chi connectivity index (χ4v) is 2.41. The Balaban J connectivity index is 2.00. The second-order valence-corrected chi connectivity index (χ2v) is 7.33. The van der Waals surface area contributed by atoms with Gasteiger partial charge in [0.2, 0.25) is 0 Å². The van der Waals surface area contributed by atoms with Gasteiger partial charge in [0.05, 0.1) is 76.1 Å². The first-order valence-electron chi connectivity index (χ1n) is 11.0. The van der Waals surface area contributed by atoms with Gasteiger partial charge in [0.25, 0.3) is 5.69 Å². The average molecular weight is 490 g/mol. The van der Waals surface area contributed by atoms with Crippen molar-refractivity contribution in [3.05, 3.63) is 34.4 Å². The molecule has 0 aliphatic carbocycles. The Morgan fingerprint density at radius 2 is 1.44 bits per heavy atom. The standard InChI is InChI=1S/C22H35NO11/c1-17(14-29-9-8-24)32-16-19(3)33-15-18(2)30-12-10-28-11-13-31-22(25)34-21-6-4-20(5-7-21)23(26)27/h4-7,17-19,24H,8-16H2,1-3H3. The fraction of sp³-hybridized carbons (Fsp3) is 0.682. The summed E-state index contributed by atoms with van der Waals surface area (Å²) in [6.07, 6.45) is -1.25. The highest BCUT2D eigenvalue weighted by atomic mass is 16.7. The van der Waals surface area contributed by atoms with E-state index < -0.39 is 11.1 Å². The molecule has 1 N–H and O–H groups in total. The summed E-state index contributed by atoms with van der Waals surface area (Å²) in [5.41, 5.74) is -0.104. The number of nitro groups is 1. The quantitative estimate of drug-likeness (QED) is 0.100. The van der Waals surface area contributed by atoms with E-state index in [1.807, 2.05) is 20.8 Å². The van der Waals surface area contributed by atoms with Crippen LogP contribution >= 0.6 is 0 Å². The van der Waals surface area contributed by atoms with Gasteiger partial charge in [0.1, 0.15) is 12.4 Å². The van der Waals surface area contributed by atoms with Crippen molar-refractivity contribution in [2.45, 2.75) is 39.1 Å². The van der Waals surface area contributed by atoms with Gasteiger partial charge in [-0.1, -0.05) is 0 Å². The molecule has 1 rings (SSSR count). The van der Waals surface area contributed by atoms with E-state index in [4.69, 9.17) is 38.3 Å². The zero-order valence-electron chi connectivity index (χ0n) is 19.9. The Labute approximate surface area is 199 Å². The van der Waals surface area contributed by atoms with Gasteiger partial charge in [-0.15, -0.1) is 0 Å². The number of nitrogens with zero attached hydrogens (tertiary/aromatic N) is 1. The molecule has 3 unspecified atom stereocenters. The molecule has 34 heavy (non-hydrogen) atoms. The summed E-state index contributed by atoms with van der Waals surface area (Å²) < 4.78 is 37.2. The predicted molar refractivity (Wildman–Crippen MR) is 120 cm³/mol. The lowest BCUT2D eigenvalue weighted by molar-refractivity contribution is -0.384. The van der Waals surface area contributed by atoms with Crippen LogP contribution in [-0.4, -0.2) is 94.0 Å². The van der Waals surface area contributed by atoms with Crippen LogP contribution in [0.4, 0.5) is 10.5 Å². The number of carbonyl (C=O) groups excluding carboxylic acids is 1. The lowest BCUT2D eigenvalue weighted by atomic mass is 10.3. The zero-order chi connectivity index (χ0) is 25.2. The van der Waals surface area contributed by atoms with Crippen molar-refractivity contribution < 1.29 is 48.0 Å². The summed E-state index contributed by atoms with van der Waals surface area (Å²) in [5.74, 6) is 0.142. The molecule has 0 fully saturated rings. The molecule has 0 spiro atoms. The molecule has 0 saturated carbocycles. The van der Waals surface area contributed by atoms with Crippen LogP contribution in [0.2, 0.25) is 0 Å². The summed E-state index contributed by atoms with van der Waals surface area (Å²) in [7, 11) is 0. The Kier molecular flexibility index (Phi) is 15.7. The van der Waals surface area contributed by atoms with E-state index in [2.05, 4.69) is 0 Å². The first-order chi connectivity index (χ1) is 16.3. The normalized spacial score (nSPS) is 13.8. The van der Waals surface area contributed by atoms with Crippen LogP contribution < -0.4 is 4.74 Å². The molecule has 0 radical (unpaired) electrons. The van der Waals surface area contributed by atoms with Crippen molar-refractivity contribution in [3.8, 4) is 5.75 Å². The molecular formula is C22H35NO11. The van der Waals surface area contributed by atoms with Crippen molar-refractivity contribution in [2.75, 3.05) is 59.5 Å². The molecule has 1 aromatic carbocycles. The first kappa shape index (κ1) is 29.7. The number of rotatable bonds is 19. The maximum Gasteiger partial charge on any atom is 0.513 e. The van der Waals surface area contributed by atoms with Gasteiger partial charge < -0.3 is 38.3 Å². The Hall–Kier alpha value is -2.35. The molecule has 0 aliphatic heterocycles. The highest BCUT2D eigenvalue weighted by Gasteiger charge is 2.11. The van der Waals surface area contributed by atoms with E-state index in [0.717, 1.165) is 0 Å². The SMILES string of the molecule is CC(COCCO)OCC(C)OCC(C)OCCOCCOC(=O)Oc1ccc([N+](=O)[O-])cc1. The number of ether oxygens (including phenoxy) is 7. The third-order valence-electron chi connectivity index (χ3n) is 4.15. The number of nitro benzene ring substituents is 1. The Bertz CT molecular complexity index is 686. The molecule has 0 amide bonds. The topological polar surface area (TPSA) is 145 Å². The van der Waals surface area contributed by atoms with E-state index in [1.165, 1.54) is 24.3 Å². The minimum absolute atomic E-state index is 0.00848. The molecule has 0 aromatic heterocycles. The molecule has 12 nitrogen and oxygen atoms in total. The van der Waals surface area contributed by atoms with E-state index in [-0.39, 0.29) is 49.6 Å². The van der Waals surface area contributed by atoms with Crippen LogP contribution in [0.3, 0.4) is 0 Å². The molecule has 12 heteroatoms.